The Morgan fingerprint density at radius 3 is 2.67 bits per heavy atom. The van der Waals surface area contributed by atoms with Crippen LogP contribution in [0.5, 0.6) is 0 Å². The summed E-state index contributed by atoms with van der Waals surface area (Å²) in [6.45, 7) is 1.98. The second-order valence-electron chi connectivity index (χ2n) is 1.57. The summed E-state index contributed by atoms with van der Waals surface area (Å²) in [5, 5.41) is 3.63. The molecule has 0 radical (unpaired) electrons. The molecule has 9 heavy (non-hydrogen) atoms. The zero-order valence-corrected chi connectivity index (χ0v) is 5.94. The first-order valence-corrected chi connectivity index (χ1v) is 2.53. The van der Waals surface area contributed by atoms with Crippen LogP contribution in [0.1, 0.15) is 12.6 Å². The number of aryl methyl sites for hydroxylation is 1. The van der Waals surface area contributed by atoms with Crippen LogP contribution < -0.4 is 5.73 Å². The molecule has 0 spiro atoms. The maximum atomic E-state index is 5.39. The van der Waals surface area contributed by atoms with Crippen LogP contribution in [0, 0.1) is 0 Å². The zero-order valence-electron chi connectivity index (χ0n) is 5.13. The quantitative estimate of drug-likeness (QED) is 0.652. The summed E-state index contributed by atoms with van der Waals surface area (Å²) in [5.41, 5.74) is 6.88. The Morgan fingerprint density at radius 1 is 1.78 bits per heavy atom. The number of hydrogen-bond donors (Lipinski definition) is 1. The van der Waals surface area contributed by atoms with Gasteiger partial charge in [0.2, 0.25) is 0 Å². The third kappa shape index (κ3) is 1.61. The molecule has 1 heterocycles. The normalized spacial score (nSPS) is 8.56. The molecule has 52 valence electrons. The number of hydrogen-bond acceptors (Lipinski definition) is 3. The molecule has 2 N–H and O–H groups in total. The van der Waals surface area contributed by atoms with Crippen LogP contribution in [0.3, 0.4) is 0 Å². The second kappa shape index (κ2) is 3.35. The Kier molecular flexibility index (Phi) is 3.09. The molecule has 0 saturated heterocycles. The van der Waals surface area contributed by atoms with Crippen molar-refractivity contribution in [1.82, 2.24) is 5.16 Å². The number of nitrogen functional groups attached to an aromatic ring is 1. The van der Waals surface area contributed by atoms with Gasteiger partial charge in [-0.05, 0) is 6.42 Å². The van der Waals surface area contributed by atoms with Gasteiger partial charge in [-0.3, -0.25) is 0 Å². The summed E-state index contributed by atoms with van der Waals surface area (Å²) in [7, 11) is 0. The first kappa shape index (κ1) is 8.30. The molecule has 1 aromatic heterocycles. The highest BCUT2D eigenvalue weighted by atomic mass is 35.5. The van der Waals surface area contributed by atoms with Crippen molar-refractivity contribution < 1.29 is 4.52 Å². The summed E-state index contributed by atoms with van der Waals surface area (Å²) in [5.74, 6) is 0. The molecule has 0 aliphatic carbocycles. The van der Waals surface area contributed by atoms with Gasteiger partial charge in [0.15, 0.2) is 0 Å². The van der Waals surface area contributed by atoms with Crippen molar-refractivity contribution in [2.45, 2.75) is 13.3 Å². The van der Waals surface area contributed by atoms with Crippen molar-refractivity contribution in [3.8, 4) is 0 Å². The topological polar surface area (TPSA) is 52.0 Å². The highest BCUT2D eigenvalue weighted by Crippen LogP contribution is 2.07. The number of aromatic nitrogens is 1. The predicted octanol–water partition coefficient (Wildman–Crippen LogP) is 1.24. The Hall–Kier alpha value is -0.700. The third-order valence-electron chi connectivity index (χ3n) is 1.01. The van der Waals surface area contributed by atoms with E-state index in [1.165, 1.54) is 6.26 Å². The minimum absolute atomic E-state index is 0. The van der Waals surface area contributed by atoms with Crippen molar-refractivity contribution in [1.29, 1.82) is 0 Å². The van der Waals surface area contributed by atoms with Crippen LogP contribution in [-0.2, 0) is 6.42 Å². The van der Waals surface area contributed by atoms with E-state index >= 15 is 0 Å². The van der Waals surface area contributed by atoms with Crippen molar-refractivity contribution in [3.05, 3.63) is 12.0 Å². The fourth-order valence-electron chi connectivity index (χ4n) is 0.536. The van der Waals surface area contributed by atoms with Gasteiger partial charge in [0.05, 0.1) is 5.69 Å². The van der Waals surface area contributed by atoms with Crippen LogP contribution >= 0.6 is 12.4 Å². The van der Waals surface area contributed by atoms with Crippen molar-refractivity contribution in [2.75, 3.05) is 5.73 Å². The number of nitrogens with zero attached hydrogens (tertiary/aromatic N) is 1. The largest absolute Gasteiger partial charge is 0.395 e. The van der Waals surface area contributed by atoms with Gasteiger partial charge in [-0.2, -0.15) is 0 Å². The van der Waals surface area contributed by atoms with E-state index in [4.69, 9.17) is 5.73 Å². The molecular weight excluding hydrogens is 140 g/mol. The molecular formula is C5H9ClN2O. The lowest BCUT2D eigenvalue weighted by Crippen LogP contribution is -1.87. The van der Waals surface area contributed by atoms with Gasteiger partial charge in [-0.25, -0.2) is 0 Å². The maximum Gasteiger partial charge on any atom is 0.147 e. The fraction of sp³-hybridized carbons (Fsp3) is 0.400. The zero-order chi connectivity index (χ0) is 5.98. The number of nitrogens with two attached hydrogens (primary N) is 1. The lowest BCUT2D eigenvalue weighted by Gasteiger charge is -1.83. The summed E-state index contributed by atoms with van der Waals surface area (Å²) in [4.78, 5) is 0. The van der Waals surface area contributed by atoms with E-state index in [0.717, 1.165) is 12.1 Å². The monoisotopic (exact) mass is 148 g/mol. The van der Waals surface area contributed by atoms with E-state index in [2.05, 4.69) is 9.68 Å². The van der Waals surface area contributed by atoms with Crippen LogP contribution in [0.4, 0.5) is 5.69 Å². The Bertz CT molecular complexity index is 175. The average Bonchev–Trinajstić information content (AvgIpc) is 2.14. The Labute approximate surface area is 59.6 Å². The van der Waals surface area contributed by atoms with Crippen LogP contribution in [-0.4, -0.2) is 5.16 Å². The van der Waals surface area contributed by atoms with Gasteiger partial charge >= 0.3 is 0 Å². The fourth-order valence-corrected chi connectivity index (χ4v) is 0.536. The SMILES string of the molecule is CCc1nocc1N.Cl. The Balaban J connectivity index is 0.000000640. The number of rotatable bonds is 1. The molecule has 0 aliphatic rings. The van der Waals surface area contributed by atoms with E-state index < -0.39 is 0 Å². The summed E-state index contributed by atoms with van der Waals surface area (Å²) < 4.78 is 4.56. The van der Waals surface area contributed by atoms with Gasteiger partial charge in [-0.15, -0.1) is 12.4 Å². The minimum Gasteiger partial charge on any atom is -0.395 e. The molecule has 3 nitrogen and oxygen atoms in total. The molecule has 0 amide bonds. The smallest absolute Gasteiger partial charge is 0.147 e. The predicted molar refractivity (Wildman–Crippen MR) is 37.5 cm³/mol. The first-order chi connectivity index (χ1) is 3.84. The van der Waals surface area contributed by atoms with Gasteiger partial charge in [0, 0.05) is 0 Å². The third-order valence-corrected chi connectivity index (χ3v) is 1.01. The van der Waals surface area contributed by atoms with E-state index in [0.29, 0.717) is 5.69 Å². The van der Waals surface area contributed by atoms with Crippen LogP contribution in [0.15, 0.2) is 10.8 Å². The minimum atomic E-state index is 0. The molecule has 0 unspecified atom stereocenters. The number of halogens is 1. The summed E-state index contributed by atoms with van der Waals surface area (Å²) in [6, 6.07) is 0. The Morgan fingerprint density at radius 2 is 2.44 bits per heavy atom. The lowest BCUT2D eigenvalue weighted by molar-refractivity contribution is 0.412. The van der Waals surface area contributed by atoms with Gasteiger partial charge < -0.3 is 10.3 Å². The lowest BCUT2D eigenvalue weighted by atomic mass is 10.3. The summed E-state index contributed by atoms with van der Waals surface area (Å²) >= 11 is 0. The van der Waals surface area contributed by atoms with Crippen molar-refractivity contribution in [3.63, 3.8) is 0 Å². The molecule has 1 rings (SSSR count). The molecule has 0 saturated carbocycles. The summed E-state index contributed by atoms with van der Waals surface area (Å²) in [6.07, 6.45) is 2.28. The van der Waals surface area contributed by atoms with Gasteiger partial charge in [-0.1, -0.05) is 12.1 Å². The highest BCUT2D eigenvalue weighted by molar-refractivity contribution is 5.85. The average molecular weight is 149 g/mol. The van der Waals surface area contributed by atoms with Crippen LogP contribution in [0.2, 0.25) is 0 Å². The van der Waals surface area contributed by atoms with Crippen molar-refractivity contribution >= 4 is 18.1 Å². The molecule has 0 aliphatic heterocycles. The maximum absolute atomic E-state index is 5.39. The van der Waals surface area contributed by atoms with E-state index in [1.807, 2.05) is 6.92 Å². The van der Waals surface area contributed by atoms with Crippen molar-refractivity contribution in [2.24, 2.45) is 0 Å². The molecule has 0 bridgehead atoms. The van der Waals surface area contributed by atoms with Gasteiger partial charge in [0.25, 0.3) is 0 Å². The molecule has 0 atom stereocenters. The molecule has 4 heteroatoms. The first-order valence-electron chi connectivity index (χ1n) is 2.53. The molecule has 0 fully saturated rings. The van der Waals surface area contributed by atoms with E-state index in [9.17, 15) is 0 Å². The molecule has 0 aromatic carbocycles. The molecule has 1 aromatic rings. The number of anilines is 1. The van der Waals surface area contributed by atoms with E-state index in [-0.39, 0.29) is 12.4 Å². The second-order valence-corrected chi connectivity index (χ2v) is 1.57. The standard InChI is InChI=1S/C5H8N2O.ClH/c1-2-5-4(6)3-8-7-5;/h3H,2,6H2,1H3;1H. The van der Waals surface area contributed by atoms with Gasteiger partial charge in [0.1, 0.15) is 12.0 Å². The highest BCUT2D eigenvalue weighted by Gasteiger charge is 1.97. The van der Waals surface area contributed by atoms with Crippen LogP contribution in [0.25, 0.3) is 0 Å². The van der Waals surface area contributed by atoms with E-state index in [1.54, 1.807) is 0 Å².